The number of methoxy groups -OCH3 is 1. The van der Waals surface area contributed by atoms with Gasteiger partial charge in [-0.25, -0.2) is 21.8 Å². The molecule has 0 atom stereocenters. The highest BCUT2D eigenvalue weighted by Gasteiger charge is 2.25. The fourth-order valence-corrected chi connectivity index (χ4v) is 5.65. The summed E-state index contributed by atoms with van der Waals surface area (Å²) in [6.07, 6.45) is 0. The van der Waals surface area contributed by atoms with Crippen molar-refractivity contribution in [2.24, 2.45) is 0 Å². The van der Waals surface area contributed by atoms with Crippen molar-refractivity contribution in [1.29, 1.82) is 0 Å². The SMILES string of the molecule is CCN(CC)S(=O)(=O)c1ccc(OC)c(NS(=O)(=O)c2ccc(Cl)nc2Cl)c1. The van der Waals surface area contributed by atoms with E-state index in [1.54, 1.807) is 13.8 Å². The third-order valence-corrected chi connectivity index (χ3v) is 7.88. The number of benzene rings is 1. The van der Waals surface area contributed by atoms with Gasteiger partial charge in [-0.1, -0.05) is 37.0 Å². The van der Waals surface area contributed by atoms with Gasteiger partial charge in [0.1, 0.15) is 15.8 Å². The summed E-state index contributed by atoms with van der Waals surface area (Å²) in [4.78, 5) is 3.32. The number of hydrogen-bond acceptors (Lipinski definition) is 6. The molecule has 0 amide bonds. The Balaban J connectivity index is 2.53. The van der Waals surface area contributed by atoms with E-state index < -0.39 is 20.0 Å². The molecule has 0 fully saturated rings. The molecule has 8 nitrogen and oxygen atoms in total. The van der Waals surface area contributed by atoms with Crippen molar-refractivity contribution in [1.82, 2.24) is 9.29 Å². The lowest BCUT2D eigenvalue weighted by atomic mass is 10.3. The van der Waals surface area contributed by atoms with Crippen molar-refractivity contribution < 1.29 is 21.6 Å². The number of nitrogens with one attached hydrogen (secondary N) is 1. The van der Waals surface area contributed by atoms with Crippen molar-refractivity contribution in [3.8, 4) is 5.75 Å². The molecule has 0 bridgehead atoms. The van der Waals surface area contributed by atoms with E-state index in [1.165, 1.54) is 41.7 Å². The van der Waals surface area contributed by atoms with E-state index in [1.807, 2.05) is 0 Å². The zero-order valence-electron chi connectivity index (χ0n) is 15.3. The van der Waals surface area contributed by atoms with Crippen molar-refractivity contribution in [3.05, 3.63) is 40.6 Å². The fraction of sp³-hybridized carbons (Fsp3) is 0.312. The smallest absolute Gasteiger partial charge is 0.265 e. The maximum Gasteiger partial charge on any atom is 0.265 e. The first-order chi connectivity index (χ1) is 13.1. The minimum Gasteiger partial charge on any atom is -0.495 e. The monoisotopic (exact) mass is 467 g/mol. The minimum atomic E-state index is -4.18. The van der Waals surface area contributed by atoms with Crippen molar-refractivity contribution in [2.75, 3.05) is 24.9 Å². The quantitative estimate of drug-likeness (QED) is 0.597. The Hall–Kier alpha value is -1.59. The number of aromatic nitrogens is 1. The van der Waals surface area contributed by atoms with Crippen LogP contribution in [0.3, 0.4) is 0 Å². The van der Waals surface area contributed by atoms with E-state index in [0.29, 0.717) is 0 Å². The van der Waals surface area contributed by atoms with Gasteiger partial charge in [0.05, 0.1) is 17.7 Å². The Morgan fingerprint density at radius 1 is 1.07 bits per heavy atom. The predicted octanol–water partition coefficient (Wildman–Crippen LogP) is 3.23. The number of anilines is 1. The molecule has 154 valence electrons. The number of nitrogens with zero attached hydrogens (tertiary/aromatic N) is 2. The Kier molecular flexibility index (Phi) is 7.16. The predicted molar refractivity (Wildman–Crippen MR) is 108 cm³/mol. The summed E-state index contributed by atoms with van der Waals surface area (Å²) in [6.45, 7) is 3.98. The van der Waals surface area contributed by atoms with Crippen molar-refractivity contribution in [2.45, 2.75) is 23.6 Å². The zero-order chi connectivity index (χ0) is 21.1. The third kappa shape index (κ3) is 4.69. The van der Waals surface area contributed by atoms with Crippen LogP contribution in [0.4, 0.5) is 5.69 Å². The molecule has 1 aromatic carbocycles. The van der Waals surface area contributed by atoms with Crippen LogP contribution in [0.25, 0.3) is 0 Å². The molecule has 0 spiro atoms. The Labute approximate surface area is 174 Å². The molecule has 0 aliphatic rings. The number of sulfonamides is 2. The second kappa shape index (κ2) is 8.83. The molecule has 1 aromatic heterocycles. The Bertz CT molecular complexity index is 1070. The van der Waals surface area contributed by atoms with Gasteiger partial charge in [-0.15, -0.1) is 0 Å². The molecule has 2 rings (SSSR count). The van der Waals surface area contributed by atoms with E-state index in [0.717, 1.165) is 0 Å². The van der Waals surface area contributed by atoms with Crippen molar-refractivity contribution in [3.63, 3.8) is 0 Å². The number of hydrogen-bond donors (Lipinski definition) is 1. The molecule has 1 heterocycles. The second-order valence-corrected chi connectivity index (χ2v) is 9.81. The summed E-state index contributed by atoms with van der Waals surface area (Å²) in [5.41, 5.74) is -0.0539. The molecule has 0 aliphatic heterocycles. The zero-order valence-corrected chi connectivity index (χ0v) is 18.5. The van der Waals surface area contributed by atoms with Gasteiger partial charge in [-0.05, 0) is 30.3 Å². The summed E-state index contributed by atoms with van der Waals surface area (Å²) < 4.78 is 59.6. The highest BCUT2D eigenvalue weighted by atomic mass is 35.5. The highest BCUT2D eigenvalue weighted by molar-refractivity contribution is 7.93. The van der Waals surface area contributed by atoms with Crippen LogP contribution in [0.5, 0.6) is 5.75 Å². The lowest BCUT2D eigenvalue weighted by molar-refractivity contribution is 0.416. The number of rotatable bonds is 8. The van der Waals surface area contributed by atoms with Crippen LogP contribution in [0.2, 0.25) is 10.3 Å². The summed E-state index contributed by atoms with van der Waals surface area (Å²) in [7, 11) is -6.64. The molecule has 2 aromatic rings. The van der Waals surface area contributed by atoms with Gasteiger partial charge in [-0.2, -0.15) is 4.31 Å². The average Bonchev–Trinajstić information content (AvgIpc) is 2.61. The summed E-state index contributed by atoms with van der Waals surface area (Å²) in [5, 5.41) is -0.278. The molecule has 0 aliphatic carbocycles. The normalized spacial score (nSPS) is 12.2. The largest absolute Gasteiger partial charge is 0.495 e. The Morgan fingerprint density at radius 3 is 2.25 bits per heavy atom. The van der Waals surface area contributed by atoms with Gasteiger partial charge in [0.25, 0.3) is 10.0 Å². The third-order valence-electron chi connectivity index (χ3n) is 3.83. The summed E-state index contributed by atoms with van der Waals surface area (Å²) in [5.74, 6) is 0.139. The Morgan fingerprint density at radius 2 is 1.71 bits per heavy atom. The standard InChI is InChI=1S/C16H19Cl2N3O5S2/c1-4-21(5-2)28(24,25)11-6-7-13(26-3)12(10-11)20-27(22,23)14-8-9-15(17)19-16(14)18/h6-10,20H,4-5H2,1-3H3. The van der Waals surface area contributed by atoms with Gasteiger partial charge in [0, 0.05) is 13.1 Å². The number of ether oxygens (including phenoxy) is 1. The fourth-order valence-electron chi connectivity index (χ4n) is 2.44. The van der Waals surface area contributed by atoms with Gasteiger partial charge in [0.2, 0.25) is 10.0 Å². The molecule has 0 saturated carbocycles. The first-order valence-corrected chi connectivity index (χ1v) is 11.8. The summed E-state index contributed by atoms with van der Waals surface area (Å²) in [6, 6.07) is 6.39. The number of pyridine rings is 1. The molecule has 1 N–H and O–H groups in total. The molecule has 28 heavy (non-hydrogen) atoms. The molecular weight excluding hydrogens is 449 g/mol. The molecule has 0 unspecified atom stereocenters. The van der Waals surface area contributed by atoms with Crippen LogP contribution in [0, 0.1) is 0 Å². The van der Waals surface area contributed by atoms with Gasteiger partial charge >= 0.3 is 0 Å². The lowest BCUT2D eigenvalue weighted by Gasteiger charge is -2.20. The van der Waals surface area contributed by atoms with Gasteiger partial charge in [-0.3, -0.25) is 4.72 Å². The molecule has 0 radical (unpaired) electrons. The van der Waals surface area contributed by atoms with Crippen LogP contribution in [0.15, 0.2) is 40.1 Å². The van der Waals surface area contributed by atoms with Gasteiger partial charge < -0.3 is 4.74 Å². The van der Waals surface area contributed by atoms with Crippen LogP contribution >= 0.6 is 23.2 Å². The van der Waals surface area contributed by atoms with Crippen molar-refractivity contribution >= 4 is 48.9 Å². The molecule has 12 heteroatoms. The van der Waals surface area contributed by atoms with Crippen LogP contribution in [-0.2, 0) is 20.0 Å². The summed E-state index contributed by atoms with van der Waals surface area (Å²) >= 11 is 11.6. The second-order valence-electron chi connectivity index (χ2n) is 5.48. The van der Waals surface area contributed by atoms with E-state index in [-0.39, 0.29) is 44.6 Å². The van der Waals surface area contributed by atoms with E-state index in [4.69, 9.17) is 27.9 Å². The molecule has 0 saturated heterocycles. The first-order valence-electron chi connectivity index (χ1n) is 8.09. The first kappa shape index (κ1) is 22.7. The maximum atomic E-state index is 12.7. The molecular formula is C16H19Cl2N3O5S2. The van der Waals surface area contributed by atoms with Crippen LogP contribution < -0.4 is 9.46 Å². The van der Waals surface area contributed by atoms with Crippen LogP contribution in [0.1, 0.15) is 13.8 Å². The van der Waals surface area contributed by atoms with Crippen LogP contribution in [-0.4, -0.2) is 46.3 Å². The lowest BCUT2D eigenvalue weighted by Crippen LogP contribution is -2.30. The van der Waals surface area contributed by atoms with E-state index >= 15 is 0 Å². The maximum absolute atomic E-state index is 12.7. The highest BCUT2D eigenvalue weighted by Crippen LogP contribution is 2.32. The average molecular weight is 468 g/mol. The van der Waals surface area contributed by atoms with Gasteiger partial charge in [0.15, 0.2) is 5.15 Å². The van der Waals surface area contributed by atoms with E-state index in [2.05, 4.69) is 9.71 Å². The minimum absolute atomic E-state index is 0.0360. The number of halogens is 2. The van der Waals surface area contributed by atoms with E-state index in [9.17, 15) is 16.8 Å². The topological polar surface area (TPSA) is 106 Å².